The minimum absolute atomic E-state index is 0.126. The van der Waals surface area contributed by atoms with Gasteiger partial charge in [-0.25, -0.2) is 4.98 Å². The van der Waals surface area contributed by atoms with Gasteiger partial charge in [0.1, 0.15) is 0 Å². The Morgan fingerprint density at radius 1 is 1.19 bits per heavy atom. The minimum Gasteiger partial charge on any atom is -0.493 e. The number of hydrogen-bond donors (Lipinski definition) is 1. The summed E-state index contributed by atoms with van der Waals surface area (Å²) in [6.45, 7) is 1.49. The van der Waals surface area contributed by atoms with Gasteiger partial charge in [-0.05, 0) is 43.2 Å². The molecule has 1 amide bonds. The normalized spacial score (nSPS) is 11.4. The first-order chi connectivity index (χ1) is 12.9. The molecule has 1 aromatic heterocycles. The van der Waals surface area contributed by atoms with Crippen LogP contribution in [0.1, 0.15) is 18.9 Å². The van der Waals surface area contributed by atoms with Crippen molar-refractivity contribution in [2.75, 3.05) is 19.5 Å². The maximum absolute atomic E-state index is 12.1. The molecular weight excluding hydrogens is 372 g/mol. The average molecular weight is 393 g/mol. The van der Waals surface area contributed by atoms with E-state index in [4.69, 9.17) is 25.8 Å². The summed E-state index contributed by atoms with van der Waals surface area (Å²) in [5, 5.41) is 2.74. The van der Waals surface area contributed by atoms with Crippen LogP contribution >= 0.6 is 11.6 Å². The van der Waals surface area contributed by atoms with Crippen molar-refractivity contribution in [1.29, 1.82) is 0 Å². The van der Waals surface area contributed by atoms with Crippen LogP contribution in [0, 0.1) is 0 Å². The molecule has 1 N–H and O–H groups in total. The largest absolute Gasteiger partial charge is 0.493 e. The predicted molar refractivity (Wildman–Crippen MR) is 101 cm³/mol. The Kier molecular flexibility index (Phi) is 7.43. The van der Waals surface area contributed by atoms with Crippen molar-refractivity contribution in [3.8, 4) is 11.5 Å². The van der Waals surface area contributed by atoms with Crippen LogP contribution < -0.4 is 14.8 Å². The molecule has 2 rings (SSSR count). The van der Waals surface area contributed by atoms with Crippen LogP contribution in [0.4, 0.5) is 5.69 Å². The number of methoxy groups -OCH3 is 2. The molecule has 0 aliphatic carbocycles. The Bertz CT molecular complexity index is 812. The van der Waals surface area contributed by atoms with Crippen molar-refractivity contribution in [2.24, 2.45) is 0 Å². The molecule has 0 aliphatic heterocycles. The topological polar surface area (TPSA) is 86.8 Å². The van der Waals surface area contributed by atoms with Crippen molar-refractivity contribution in [1.82, 2.24) is 4.98 Å². The molecule has 1 aromatic carbocycles. The second-order valence-electron chi connectivity index (χ2n) is 5.65. The summed E-state index contributed by atoms with van der Waals surface area (Å²) in [5.74, 6) is 0.238. The zero-order valence-corrected chi connectivity index (χ0v) is 16.1. The molecule has 8 heteroatoms. The van der Waals surface area contributed by atoms with Crippen LogP contribution in [0.2, 0.25) is 5.15 Å². The zero-order valence-electron chi connectivity index (χ0n) is 15.3. The van der Waals surface area contributed by atoms with E-state index in [9.17, 15) is 9.59 Å². The number of halogens is 1. The van der Waals surface area contributed by atoms with E-state index in [-0.39, 0.29) is 11.6 Å². The predicted octanol–water partition coefficient (Wildman–Crippen LogP) is 3.26. The molecule has 1 heterocycles. The van der Waals surface area contributed by atoms with Crippen LogP contribution in [0.3, 0.4) is 0 Å². The fourth-order valence-corrected chi connectivity index (χ4v) is 2.47. The van der Waals surface area contributed by atoms with Gasteiger partial charge in [0, 0.05) is 12.6 Å². The molecule has 7 nitrogen and oxygen atoms in total. The van der Waals surface area contributed by atoms with Crippen LogP contribution in [0.15, 0.2) is 36.5 Å². The van der Waals surface area contributed by atoms with Crippen molar-refractivity contribution in [3.63, 3.8) is 0 Å². The highest BCUT2D eigenvalue weighted by Crippen LogP contribution is 2.28. The molecule has 2 aromatic rings. The molecule has 1 atom stereocenters. The van der Waals surface area contributed by atoms with E-state index in [1.54, 1.807) is 38.5 Å². The first-order valence-corrected chi connectivity index (χ1v) is 8.64. The summed E-state index contributed by atoms with van der Waals surface area (Å²) in [6.07, 6.45) is 1.12. The lowest BCUT2D eigenvalue weighted by Gasteiger charge is -2.14. The molecule has 27 heavy (non-hydrogen) atoms. The van der Waals surface area contributed by atoms with Gasteiger partial charge in [0.25, 0.3) is 5.91 Å². The van der Waals surface area contributed by atoms with Crippen LogP contribution in [-0.4, -0.2) is 37.2 Å². The van der Waals surface area contributed by atoms with Gasteiger partial charge in [-0.3, -0.25) is 9.59 Å². The molecule has 0 saturated heterocycles. The summed E-state index contributed by atoms with van der Waals surface area (Å²) in [4.78, 5) is 28.0. The van der Waals surface area contributed by atoms with Gasteiger partial charge in [-0.2, -0.15) is 0 Å². The number of nitrogens with zero attached hydrogens (tertiary/aromatic N) is 1. The maximum Gasteiger partial charge on any atom is 0.306 e. The van der Waals surface area contributed by atoms with E-state index in [2.05, 4.69) is 10.3 Å². The van der Waals surface area contributed by atoms with E-state index in [0.717, 1.165) is 5.56 Å². The lowest BCUT2D eigenvalue weighted by molar-refractivity contribution is -0.153. The van der Waals surface area contributed by atoms with Crippen LogP contribution in [0.25, 0.3) is 0 Å². The molecular formula is C19H21ClN2O5. The number of aryl methyl sites for hydroxylation is 1. The highest BCUT2D eigenvalue weighted by Gasteiger charge is 2.19. The number of nitrogens with one attached hydrogen (secondary N) is 1. The smallest absolute Gasteiger partial charge is 0.306 e. The molecule has 0 aliphatic rings. The van der Waals surface area contributed by atoms with Gasteiger partial charge in [0.2, 0.25) is 0 Å². The summed E-state index contributed by atoms with van der Waals surface area (Å²) in [7, 11) is 3.10. The quantitative estimate of drug-likeness (QED) is 0.548. The first kappa shape index (κ1) is 20.5. The molecule has 144 valence electrons. The Balaban J connectivity index is 1.86. The second-order valence-corrected chi connectivity index (χ2v) is 6.01. The van der Waals surface area contributed by atoms with E-state index >= 15 is 0 Å². The maximum atomic E-state index is 12.1. The number of ether oxygens (including phenoxy) is 3. The second kappa shape index (κ2) is 9.78. The zero-order chi connectivity index (χ0) is 19.8. The van der Waals surface area contributed by atoms with Gasteiger partial charge in [-0.1, -0.05) is 17.7 Å². The van der Waals surface area contributed by atoms with Crippen molar-refractivity contribution < 1.29 is 23.8 Å². The van der Waals surface area contributed by atoms with Gasteiger partial charge in [-0.15, -0.1) is 0 Å². The fraction of sp³-hybridized carbons (Fsp3) is 0.316. The highest BCUT2D eigenvalue weighted by atomic mass is 35.5. The lowest BCUT2D eigenvalue weighted by atomic mass is 10.1. The third-order valence-electron chi connectivity index (χ3n) is 3.76. The number of amides is 1. The standard InChI is InChI=1S/C19H21ClN2O5/c1-12(19(24)22-14-5-4-10-21-18(14)20)27-17(23)9-7-13-6-8-15(25-2)16(11-13)26-3/h4-6,8,10-12H,7,9H2,1-3H3,(H,22,24)/t12-/m0/s1. The number of esters is 1. The Morgan fingerprint density at radius 3 is 2.59 bits per heavy atom. The number of pyridine rings is 1. The van der Waals surface area contributed by atoms with Crippen molar-refractivity contribution >= 4 is 29.2 Å². The Morgan fingerprint density at radius 2 is 1.93 bits per heavy atom. The van der Waals surface area contributed by atoms with E-state index in [1.165, 1.54) is 13.1 Å². The lowest BCUT2D eigenvalue weighted by Crippen LogP contribution is -2.30. The van der Waals surface area contributed by atoms with Gasteiger partial charge in [0.05, 0.1) is 19.9 Å². The number of carbonyl (C=O) groups excluding carboxylic acids is 2. The van der Waals surface area contributed by atoms with E-state index < -0.39 is 18.0 Å². The molecule has 0 unspecified atom stereocenters. The highest BCUT2D eigenvalue weighted by molar-refractivity contribution is 6.32. The number of aromatic nitrogens is 1. The molecule has 0 radical (unpaired) electrons. The van der Waals surface area contributed by atoms with Crippen LogP contribution in [0.5, 0.6) is 11.5 Å². The van der Waals surface area contributed by atoms with Gasteiger partial charge in [0.15, 0.2) is 22.8 Å². The molecule has 0 bridgehead atoms. The summed E-state index contributed by atoms with van der Waals surface area (Å²) in [5.41, 5.74) is 1.25. The number of anilines is 1. The van der Waals surface area contributed by atoms with Crippen molar-refractivity contribution in [3.05, 3.63) is 47.2 Å². The third-order valence-corrected chi connectivity index (χ3v) is 4.06. The average Bonchev–Trinajstić information content (AvgIpc) is 2.67. The fourth-order valence-electron chi connectivity index (χ4n) is 2.31. The number of hydrogen-bond acceptors (Lipinski definition) is 6. The molecule has 0 saturated carbocycles. The summed E-state index contributed by atoms with van der Waals surface area (Å²) < 4.78 is 15.6. The number of rotatable bonds is 8. The Labute approximate surface area is 162 Å². The molecule has 0 spiro atoms. The van der Waals surface area contributed by atoms with Gasteiger partial charge >= 0.3 is 5.97 Å². The summed E-state index contributed by atoms with van der Waals surface area (Å²) >= 11 is 5.89. The Hall–Kier alpha value is -2.80. The summed E-state index contributed by atoms with van der Waals surface area (Å²) in [6, 6.07) is 8.66. The third kappa shape index (κ3) is 5.86. The van der Waals surface area contributed by atoms with Crippen molar-refractivity contribution in [2.45, 2.75) is 25.9 Å². The minimum atomic E-state index is -0.959. The van der Waals surface area contributed by atoms with Gasteiger partial charge < -0.3 is 19.5 Å². The first-order valence-electron chi connectivity index (χ1n) is 8.26. The number of benzene rings is 1. The monoisotopic (exact) mass is 392 g/mol. The SMILES string of the molecule is COc1ccc(CCC(=O)O[C@@H](C)C(=O)Nc2cccnc2Cl)cc1OC. The van der Waals surface area contributed by atoms with E-state index in [0.29, 0.717) is 23.6 Å². The van der Waals surface area contributed by atoms with Crippen LogP contribution in [-0.2, 0) is 20.7 Å². The van der Waals surface area contributed by atoms with E-state index in [1.807, 2.05) is 6.07 Å². The molecule has 0 fully saturated rings. The number of carbonyl (C=O) groups is 2.